The molecule has 0 unspecified atom stereocenters. The summed E-state index contributed by atoms with van der Waals surface area (Å²) in [4.78, 5) is 16.6. The molecular weight excluding hydrogens is 310 g/mol. The second kappa shape index (κ2) is 7.25. The molecule has 124 valence electrons. The molecule has 3 rings (SSSR count). The minimum atomic E-state index is -0.104. The van der Waals surface area contributed by atoms with Gasteiger partial charge in [0.15, 0.2) is 0 Å². The Balaban J connectivity index is 1.63. The van der Waals surface area contributed by atoms with Crippen LogP contribution in [0, 0.1) is 6.92 Å². The number of carbonyl (C=O) groups is 1. The second-order valence-corrected chi connectivity index (χ2v) is 7.11. The van der Waals surface area contributed by atoms with Crippen molar-refractivity contribution < 1.29 is 9.32 Å². The number of carbonyl (C=O) groups excluding carboxylic acids is 1. The van der Waals surface area contributed by atoms with Crippen molar-refractivity contribution in [3.8, 4) is 0 Å². The quantitative estimate of drug-likeness (QED) is 0.889. The zero-order valence-corrected chi connectivity index (χ0v) is 14.5. The number of amides is 1. The average Bonchev–Trinajstić information content (AvgIpc) is 3.16. The first-order chi connectivity index (χ1) is 11.2. The van der Waals surface area contributed by atoms with Gasteiger partial charge in [0.05, 0.1) is 22.8 Å². The van der Waals surface area contributed by atoms with Crippen LogP contribution in [0.5, 0.6) is 0 Å². The zero-order chi connectivity index (χ0) is 16.2. The predicted octanol–water partition coefficient (Wildman–Crippen LogP) is 4.23. The highest BCUT2D eigenvalue weighted by Crippen LogP contribution is 2.35. The van der Waals surface area contributed by atoms with E-state index in [1.54, 1.807) is 11.3 Å². The number of nitrogens with one attached hydrogen (secondary N) is 1. The third-order valence-electron chi connectivity index (χ3n) is 4.45. The van der Waals surface area contributed by atoms with E-state index in [2.05, 4.69) is 22.4 Å². The lowest BCUT2D eigenvalue weighted by atomic mass is 9.86. The number of hydrogen-bond acceptors (Lipinski definition) is 5. The smallest absolute Gasteiger partial charge is 0.234 e. The van der Waals surface area contributed by atoms with Crippen LogP contribution in [0.15, 0.2) is 9.90 Å². The predicted molar refractivity (Wildman–Crippen MR) is 90.9 cm³/mol. The normalized spacial score (nSPS) is 15.7. The largest absolute Gasteiger partial charge is 0.338 e. The molecule has 0 radical (unpaired) electrons. The lowest BCUT2D eigenvalue weighted by Crippen LogP contribution is -2.15. The molecule has 1 aliphatic carbocycles. The number of aromatic nitrogens is 2. The first kappa shape index (κ1) is 16.2. The summed E-state index contributed by atoms with van der Waals surface area (Å²) in [6, 6.07) is 0. The van der Waals surface area contributed by atoms with Gasteiger partial charge in [-0.05, 0) is 26.2 Å². The Kier molecular flexibility index (Phi) is 5.10. The summed E-state index contributed by atoms with van der Waals surface area (Å²) in [6.07, 6.45) is 7.32. The van der Waals surface area contributed by atoms with Gasteiger partial charge < -0.3 is 4.52 Å². The third-order valence-corrected chi connectivity index (χ3v) is 5.49. The van der Waals surface area contributed by atoms with Crippen molar-refractivity contribution in [2.45, 2.75) is 64.7 Å². The van der Waals surface area contributed by atoms with E-state index in [9.17, 15) is 4.79 Å². The van der Waals surface area contributed by atoms with E-state index in [-0.39, 0.29) is 12.3 Å². The Morgan fingerprint density at radius 3 is 2.87 bits per heavy atom. The Morgan fingerprint density at radius 2 is 2.17 bits per heavy atom. The molecule has 6 heteroatoms. The van der Waals surface area contributed by atoms with E-state index in [1.807, 2.05) is 12.3 Å². The molecule has 2 heterocycles. The first-order valence-corrected chi connectivity index (χ1v) is 9.24. The molecule has 1 amide bonds. The summed E-state index contributed by atoms with van der Waals surface area (Å²) >= 11 is 1.60. The fourth-order valence-corrected chi connectivity index (χ4v) is 3.89. The van der Waals surface area contributed by atoms with Gasteiger partial charge in [0.25, 0.3) is 0 Å². The molecule has 0 saturated heterocycles. The molecule has 1 N–H and O–H groups in total. The van der Waals surface area contributed by atoms with Crippen LogP contribution in [-0.4, -0.2) is 16.0 Å². The van der Waals surface area contributed by atoms with Crippen LogP contribution in [-0.2, 0) is 17.6 Å². The second-order valence-electron chi connectivity index (χ2n) is 6.17. The molecule has 1 fully saturated rings. The molecule has 2 aromatic rings. The van der Waals surface area contributed by atoms with Crippen molar-refractivity contribution >= 4 is 23.1 Å². The maximum absolute atomic E-state index is 12.2. The van der Waals surface area contributed by atoms with Crippen LogP contribution in [0.25, 0.3) is 0 Å². The number of thiazole rings is 1. The minimum absolute atomic E-state index is 0.104. The Labute approximate surface area is 140 Å². The van der Waals surface area contributed by atoms with Crippen molar-refractivity contribution in [1.29, 1.82) is 0 Å². The molecule has 0 spiro atoms. The van der Waals surface area contributed by atoms with E-state index in [0.29, 0.717) is 11.8 Å². The minimum Gasteiger partial charge on any atom is -0.338 e. The van der Waals surface area contributed by atoms with Crippen molar-refractivity contribution in [2.75, 3.05) is 5.32 Å². The molecule has 0 aromatic carbocycles. The molecule has 0 bridgehead atoms. The van der Waals surface area contributed by atoms with Crippen molar-refractivity contribution in [1.82, 2.24) is 10.1 Å². The molecule has 0 atom stereocenters. The van der Waals surface area contributed by atoms with E-state index < -0.39 is 0 Å². The lowest BCUT2D eigenvalue weighted by molar-refractivity contribution is -0.115. The zero-order valence-electron chi connectivity index (χ0n) is 13.7. The molecule has 2 aromatic heterocycles. The van der Waals surface area contributed by atoms with Crippen molar-refractivity contribution in [3.05, 3.63) is 27.3 Å². The van der Waals surface area contributed by atoms with Crippen molar-refractivity contribution in [2.24, 2.45) is 0 Å². The van der Waals surface area contributed by atoms with Crippen LogP contribution >= 0.6 is 11.3 Å². The average molecular weight is 333 g/mol. The van der Waals surface area contributed by atoms with Crippen LogP contribution < -0.4 is 5.32 Å². The summed E-state index contributed by atoms with van der Waals surface area (Å²) < 4.78 is 5.38. The SMILES string of the molecule is CCc1nc(CC(=O)Nc2onc(C3CCCCC3)c2C)cs1. The maximum atomic E-state index is 12.2. The van der Waals surface area contributed by atoms with E-state index >= 15 is 0 Å². The Bertz CT molecular complexity index is 671. The number of aryl methyl sites for hydroxylation is 1. The summed E-state index contributed by atoms with van der Waals surface area (Å²) in [5, 5.41) is 10.1. The number of hydrogen-bond donors (Lipinski definition) is 1. The third kappa shape index (κ3) is 3.80. The fraction of sp³-hybridized carbons (Fsp3) is 0.588. The van der Waals surface area contributed by atoms with Gasteiger partial charge in [-0.2, -0.15) is 0 Å². The van der Waals surface area contributed by atoms with E-state index in [4.69, 9.17) is 4.52 Å². The highest BCUT2D eigenvalue weighted by molar-refractivity contribution is 7.09. The summed E-state index contributed by atoms with van der Waals surface area (Å²) in [7, 11) is 0. The lowest BCUT2D eigenvalue weighted by Gasteiger charge is -2.19. The summed E-state index contributed by atoms with van der Waals surface area (Å²) in [6.45, 7) is 4.04. The highest BCUT2D eigenvalue weighted by Gasteiger charge is 2.23. The van der Waals surface area contributed by atoms with Gasteiger partial charge >= 0.3 is 0 Å². The summed E-state index contributed by atoms with van der Waals surface area (Å²) in [5.74, 6) is 0.859. The molecule has 1 saturated carbocycles. The van der Waals surface area contributed by atoms with Gasteiger partial charge in [-0.3, -0.25) is 10.1 Å². The van der Waals surface area contributed by atoms with Crippen LogP contribution in [0.2, 0.25) is 0 Å². The molecule has 5 nitrogen and oxygen atoms in total. The number of rotatable bonds is 5. The first-order valence-electron chi connectivity index (χ1n) is 8.36. The van der Waals surface area contributed by atoms with Gasteiger partial charge in [0.1, 0.15) is 0 Å². The van der Waals surface area contributed by atoms with E-state index in [0.717, 1.165) is 28.4 Å². The fourth-order valence-electron chi connectivity index (χ4n) is 3.15. The summed E-state index contributed by atoms with van der Waals surface area (Å²) in [5.41, 5.74) is 2.80. The van der Waals surface area contributed by atoms with Gasteiger partial charge in [-0.25, -0.2) is 4.98 Å². The van der Waals surface area contributed by atoms with Gasteiger partial charge in [0.2, 0.25) is 11.8 Å². The van der Waals surface area contributed by atoms with Gasteiger partial charge in [-0.15, -0.1) is 11.3 Å². The molecular formula is C17H23N3O2S. The Morgan fingerprint density at radius 1 is 1.39 bits per heavy atom. The number of nitrogens with zero attached hydrogens (tertiary/aromatic N) is 2. The van der Waals surface area contributed by atoms with Crippen molar-refractivity contribution in [3.63, 3.8) is 0 Å². The molecule has 0 aliphatic heterocycles. The standard InChI is InChI=1S/C17H23N3O2S/c1-3-15-18-13(10-23-15)9-14(21)19-17-11(2)16(20-22-17)12-7-5-4-6-8-12/h10,12H,3-9H2,1-2H3,(H,19,21). The topological polar surface area (TPSA) is 68.0 Å². The van der Waals surface area contributed by atoms with Crippen LogP contribution in [0.1, 0.15) is 66.9 Å². The van der Waals surface area contributed by atoms with Gasteiger partial charge in [-0.1, -0.05) is 31.3 Å². The monoisotopic (exact) mass is 333 g/mol. The Hall–Kier alpha value is -1.69. The molecule has 1 aliphatic rings. The highest BCUT2D eigenvalue weighted by atomic mass is 32.1. The van der Waals surface area contributed by atoms with Crippen LogP contribution in [0.3, 0.4) is 0 Å². The van der Waals surface area contributed by atoms with E-state index in [1.165, 1.54) is 32.1 Å². The number of anilines is 1. The van der Waals surface area contributed by atoms with Crippen LogP contribution in [0.4, 0.5) is 5.88 Å². The van der Waals surface area contributed by atoms with Gasteiger partial charge in [0, 0.05) is 16.9 Å². The maximum Gasteiger partial charge on any atom is 0.234 e. The molecule has 23 heavy (non-hydrogen) atoms.